The predicted octanol–water partition coefficient (Wildman–Crippen LogP) is 0.879. The number of rotatable bonds is 6. The van der Waals surface area contributed by atoms with Crippen molar-refractivity contribution in [2.75, 3.05) is 32.7 Å². The van der Waals surface area contributed by atoms with Crippen molar-refractivity contribution in [3.05, 3.63) is 17.0 Å². The van der Waals surface area contributed by atoms with E-state index in [9.17, 15) is 9.59 Å². The van der Waals surface area contributed by atoms with Crippen LogP contribution in [0.4, 0.5) is 0 Å². The van der Waals surface area contributed by atoms with Crippen LogP contribution in [0.2, 0.25) is 0 Å². The van der Waals surface area contributed by atoms with E-state index in [4.69, 9.17) is 10.3 Å². The number of hydrogen-bond acceptors (Lipinski definition) is 6. The molecule has 1 aliphatic heterocycles. The molecular weight excluding hydrogens is 393 g/mol. The molecule has 10 heteroatoms. The van der Waals surface area contributed by atoms with Crippen molar-refractivity contribution in [1.82, 2.24) is 20.3 Å². The number of piperazine rings is 1. The van der Waals surface area contributed by atoms with Crippen molar-refractivity contribution >= 4 is 36.6 Å². The van der Waals surface area contributed by atoms with Gasteiger partial charge in [0, 0.05) is 38.3 Å². The molecule has 0 bridgehead atoms. The third-order valence-electron chi connectivity index (χ3n) is 4.72. The number of aryl methyl sites for hydroxylation is 2. The van der Waals surface area contributed by atoms with Crippen LogP contribution in [0.25, 0.3) is 0 Å². The van der Waals surface area contributed by atoms with E-state index in [1.807, 2.05) is 27.7 Å². The highest BCUT2D eigenvalue weighted by Crippen LogP contribution is 2.16. The Morgan fingerprint density at radius 3 is 2.26 bits per heavy atom. The lowest BCUT2D eigenvalue weighted by atomic mass is 10.1. The summed E-state index contributed by atoms with van der Waals surface area (Å²) in [6.45, 7) is 11.3. The highest BCUT2D eigenvalue weighted by molar-refractivity contribution is 5.87. The second kappa shape index (κ2) is 11.5. The summed E-state index contributed by atoms with van der Waals surface area (Å²) in [5.74, 6) is 0.546. The number of nitrogens with one attached hydrogen (secondary N) is 1. The van der Waals surface area contributed by atoms with Gasteiger partial charge in [-0.05, 0) is 19.8 Å². The smallest absolute Gasteiger partial charge is 0.242 e. The first-order chi connectivity index (χ1) is 11.8. The molecule has 1 aromatic rings. The molecule has 0 spiro atoms. The average molecular weight is 424 g/mol. The van der Waals surface area contributed by atoms with E-state index in [2.05, 4.69) is 15.4 Å². The van der Waals surface area contributed by atoms with Gasteiger partial charge in [0.1, 0.15) is 5.76 Å². The van der Waals surface area contributed by atoms with Crippen LogP contribution >= 0.6 is 24.8 Å². The van der Waals surface area contributed by atoms with Crippen LogP contribution in [0.3, 0.4) is 0 Å². The molecule has 0 saturated carbocycles. The maximum absolute atomic E-state index is 12.3. The largest absolute Gasteiger partial charge is 0.361 e. The SMILES string of the molecule is Cc1noc(C)c1CN1CCN(C(=O)CNC(=O)[C@@H](N)C(C)C)CC1.Cl.Cl. The Hall–Kier alpha value is -1.35. The van der Waals surface area contributed by atoms with Crippen LogP contribution in [0.5, 0.6) is 0 Å². The summed E-state index contributed by atoms with van der Waals surface area (Å²) < 4.78 is 5.19. The Kier molecular flexibility index (Phi) is 10.9. The van der Waals surface area contributed by atoms with Crippen molar-refractivity contribution < 1.29 is 14.1 Å². The number of hydrogen-bond donors (Lipinski definition) is 2. The monoisotopic (exact) mass is 423 g/mol. The molecular formula is C17H31Cl2N5O3. The number of carbonyl (C=O) groups excluding carboxylic acids is 2. The Labute approximate surface area is 173 Å². The maximum Gasteiger partial charge on any atom is 0.242 e. The summed E-state index contributed by atoms with van der Waals surface area (Å²) in [4.78, 5) is 28.2. The molecule has 2 heterocycles. The molecule has 1 fully saturated rings. The van der Waals surface area contributed by atoms with Gasteiger partial charge in [-0.2, -0.15) is 0 Å². The van der Waals surface area contributed by atoms with Crippen LogP contribution in [0.15, 0.2) is 4.52 Å². The van der Waals surface area contributed by atoms with Crippen LogP contribution in [0.1, 0.15) is 30.9 Å². The first-order valence-electron chi connectivity index (χ1n) is 8.74. The number of aromatic nitrogens is 1. The minimum absolute atomic E-state index is 0. The molecule has 1 saturated heterocycles. The average Bonchev–Trinajstić information content (AvgIpc) is 2.91. The van der Waals surface area contributed by atoms with Gasteiger partial charge in [-0.1, -0.05) is 19.0 Å². The third kappa shape index (κ3) is 6.95. The van der Waals surface area contributed by atoms with E-state index < -0.39 is 6.04 Å². The van der Waals surface area contributed by atoms with E-state index in [0.717, 1.165) is 36.7 Å². The number of nitrogens with zero attached hydrogens (tertiary/aromatic N) is 3. The van der Waals surface area contributed by atoms with Crippen LogP contribution in [-0.2, 0) is 16.1 Å². The number of carbonyl (C=O) groups is 2. The lowest BCUT2D eigenvalue weighted by Gasteiger charge is -2.34. The zero-order valence-corrected chi connectivity index (χ0v) is 18.0. The summed E-state index contributed by atoms with van der Waals surface area (Å²) >= 11 is 0. The van der Waals surface area contributed by atoms with Gasteiger partial charge < -0.3 is 20.5 Å². The molecule has 1 aliphatic rings. The molecule has 3 N–H and O–H groups in total. The summed E-state index contributed by atoms with van der Waals surface area (Å²) in [5, 5.41) is 6.61. The van der Waals surface area contributed by atoms with Gasteiger partial charge in [-0.3, -0.25) is 14.5 Å². The molecule has 8 nitrogen and oxygen atoms in total. The zero-order valence-electron chi connectivity index (χ0n) is 16.4. The summed E-state index contributed by atoms with van der Waals surface area (Å²) in [5.41, 5.74) is 7.81. The van der Waals surface area contributed by atoms with E-state index in [1.165, 1.54) is 0 Å². The van der Waals surface area contributed by atoms with Crippen LogP contribution in [-0.4, -0.2) is 65.5 Å². The van der Waals surface area contributed by atoms with Crippen LogP contribution in [0, 0.1) is 19.8 Å². The summed E-state index contributed by atoms with van der Waals surface area (Å²) in [6.07, 6.45) is 0. The summed E-state index contributed by atoms with van der Waals surface area (Å²) in [7, 11) is 0. The molecule has 0 unspecified atom stereocenters. The van der Waals surface area contributed by atoms with Crippen molar-refractivity contribution in [1.29, 1.82) is 0 Å². The van der Waals surface area contributed by atoms with E-state index >= 15 is 0 Å². The van der Waals surface area contributed by atoms with Gasteiger partial charge >= 0.3 is 0 Å². The third-order valence-corrected chi connectivity index (χ3v) is 4.72. The first kappa shape index (κ1) is 25.6. The predicted molar refractivity (Wildman–Crippen MR) is 108 cm³/mol. The fourth-order valence-electron chi connectivity index (χ4n) is 2.80. The quantitative estimate of drug-likeness (QED) is 0.703. The van der Waals surface area contributed by atoms with Gasteiger partial charge in [0.2, 0.25) is 11.8 Å². The van der Waals surface area contributed by atoms with Gasteiger partial charge in [0.05, 0.1) is 18.3 Å². The van der Waals surface area contributed by atoms with Gasteiger partial charge in [-0.15, -0.1) is 24.8 Å². The molecule has 27 heavy (non-hydrogen) atoms. The summed E-state index contributed by atoms with van der Waals surface area (Å²) in [6, 6.07) is -0.584. The Morgan fingerprint density at radius 2 is 1.78 bits per heavy atom. The maximum atomic E-state index is 12.3. The Balaban J connectivity index is 0.00000338. The highest BCUT2D eigenvalue weighted by Gasteiger charge is 2.24. The molecule has 0 aliphatic carbocycles. The molecule has 1 aromatic heterocycles. The Bertz CT molecular complexity index is 596. The minimum atomic E-state index is -0.584. The van der Waals surface area contributed by atoms with Crippen molar-refractivity contribution in [2.24, 2.45) is 11.7 Å². The fourth-order valence-corrected chi connectivity index (χ4v) is 2.80. The second-order valence-electron chi connectivity index (χ2n) is 6.95. The lowest BCUT2D eigenvalue weighted by molar-refractivity contribution is -0.134. The van der Waals surface area contributed by atoms with E-state index in [-0.39, 0.29) is 49.1 Å². The molecule has 0 aromatic carbocycles. The fraction of sp³-hybridized carbons (Fsp3) is 0.706. The van der Waals surface area contributed by atoms with Crippen molar-refractivity contribution in [3.63, 3.8) is 0 Å². The Morgan fingerprint density at radius 1 is 1.19 bits per heavy atom. The molecule has 1 atom stereocenters. The topological polar surface area (TPSA) is 105 Å². The first-order valence-corrected chi connectivity index (χ1v) is 8.74. The minimum Gasteiger partial charge on any atom is -0.361 e. The number of halogens is 2. The van der Waals surface area contributed by atoms with Gasteiger partial charge in [0.25, 0.3) is 0 Å². The molecule has 156 valence electrons. The number of amides is 2. The lowest BCUT2D eigenvalue weighted by Crippen LogP contribution is -2.52. The van der Waals surface area contributed by atoms with Crippen LogP contribution < -0.4 is 11.1 Å². The molecule has 0 radical (unpaired) electrons. The zero-order chi connectivity index (χ0) is 18.6. The van der Waals surface area contributed by atoms with Gasteiger partial charge in [-0.25, -0.2) is 0 Å². The van der Waals surface area contributed by atoms with Gasteiger partial charge in [0.15, 0.2) is 0 Å². The van der Waals surface area contributed by atoms with Crippen molar-refractivity contribution in [2.45, 2.75) is 40.3 Å². The second-order valence-corrected chi connectivity index (χ2v) is 6.95. The van der Waals surface area contributed by atoms with E-state index in [0.29, 0.717) is 13.1 Å². The normalized spacial score (nSPS) is 15.7. The molecule has 2 rings (SSSR count). The molecule has 2 amide bonds. The number of nitrogens with two attached hydrogens (primary N) is 1. The highest BCUT2D eigenvalue weighted by atomic mass is 35.5. The van der Waals surface area contributed by atoms with E-state index in [1.54, 1.807) is 4.90 Å². The standard InChI is InChI=1S/C17H29N5O3.2ClH/c1-11(2)16(18)17(24)19-9-15(23)22-7-5-21(6-8-22)10-14-12(3)20-25-13(14)4;;/h11,16H,5-10,18H2,1-4H3,(H,19,24);2*1H/t16-;;/m0../s1. The van der Waals surface area contributed by atoms with Crippen molar-refractivity contribution in [3.8, 4) is 0 Å².